The molecular formula is C16H25N5O. The predicted molar refractivity (Wildman–Crippen MR) is 85.8 cm³/mol. The summed E-state index contributed by atoms with van der Waals surface area (Å²) < 4.78 is 0. The molecule has 0 radical (unpaired) electrons. The van der Waals surface area contributed by atoms with Crippen molar-refractivity contribution in [2.24, 2.45) is 5.92 Å². The molecule has 0 aromatic carbocycles. The number of rotatable bonds is 4. The maximum Gasteiger partial charge on any atom is 0.222 e. The van der Waals surface area contributed by atoms with Gasteiger partial charge in [-0.3, -0.25) is 4.79 Å². The molecule has 2 atom stereocenters. The zero-order valence-electron chi connectivity index (χ0n) is 13.5. The van der Waals surface area contributed by atoms with E-state index in [9.17, 15) is 4.79 Å². The fraction of sp³-hybridized carbons (Fsp3) is 0.688. The van der Waals surface area contributed by atoms with Crippen molar-refractivity contribution < 1.29 is 4.79 Å². The number of fused-ring (bicyclic) bond motifs is 1. The number of nitrogens with one attached hydrogen (secondary N) is 1. The molecule has 0 spiro atoms. The molecule has 120 valence electrons. The molecule has 0 unspecified atom stereocenters. The highest BCUT2D eigenvalue weighted by atomic mass is 16.2. The van der Waals surface area contributed by atoms with Crippen molar-refractivity contribution in [3.05, 3.63) is 18.1 Å². The standard InChI is InChI=1S/C16H25N5O/c1-12-18-7-5-15(19-12)20-9-6-14-13(11-20)3-4-16(22)21(14)10-8-17-2/h5,7,13-14,17H,3-4,6,8-11H2,1-2H3/t13-,14+/m0/s1. The van der Waals surface area contributed by atoms with Crippen LogP contribution in [-0.4, -0.2) is 60.0 Å². The summed E-state index contributed by atoms with van der Waals surface area (Å²) in [6.07, 6.45) is 4.54. The van der Waals surface area contributed by atoms with Crippen molar-refractivity contribution in [2.75, 3.05) is 38.1 Å². The first-order valence-corrected chi connectivity index (χ1v) is 8.17. The van der Waals surface area contributed by atoms with Gasteiger partial charge in [0.2, 0.25) is 5.91 Å². The van der Waals surface area contributed by atoms with E-state index in [2.05, 4.69) is 25.1 Å². The van der Waals surface area contributed by atoms with E-state index < -0.39 is 0 Å². The lowest BCUT2D eigenvalue weighted by Crippen LogP contribution is -2.57. The molecule has 3 heterocycles. The van der Waals surface area contributed by atoms with Gasteiger partial charge in [-0.15, -0.1) is 0 Å². The molecule has 1 aromatic rings. The van der Waals surface area contributed by atoms with Gasteiger partial charge in [0.05, 0.1) is 0 Å². The minimum Gasteiger partial charge on any atom is -0.356 e. The number of amides is 1. The number of piperidine rings is 2. The molecular weight excluding hydrogens is 278 g/mol. The van der Waals surface area contributed by atoms with Crippen molar-refractivity contribution in [3.63, 3.8) is 0 Å². The first-order valence-electron chi connectivity index (χ1n) is 8.17. The van der Waals surface area contributed by atoms with Crippen molar-refractivity contribution in [1.82, 2.24) is 20.2 Å². The Bertz CT molecular complexity index is 535. The smallest absolute Gasteiger partial charge is 0.222 e. The molecule has 2 saturated heterocycles. The van der Waals surface area contributed by atoms with Crippen LogP contribution >= 0.6 is 0 Å². The average Bonchev–Trinajstić information content (AvgIpc) is 2.53. The number of aryl methyl sites for hydroxylation is 1. The molecule has 0 saturated carbocycles. The highest BCUT2D eigenvalue weighted by Crippen LogP contribution is 2.32. The molecule has 2 fully saturated rings. The van der Waals surface area contributed by atoms with Gasteiger partial charge in [-0.1, -0.05) is 0 Å². The van der Waals surface area contributed by atoms with Crippen LogP contribution in [0.2, 0.25) is 0 Å². The van der Waals surface area contributed by atoms with Gasteiger partial charge in [0.25, 0.3) is 0 Å². The van der Waals surface area contributed by atoms with Gasteiger partial charge in [-0.25, -0.2) is 9.97 Å². The second-order valence-electron chi connectivity index (χ2n) is 6.25. The first-order chi connectivity index (χ1) is 10.7. The van der Waals surface area contributed by atoms with Gasteiger partial charge in [0, 0.05) is 44.8 Å². The number of aromatic nitrogens is 2. The lowest BCUT2D eigenvalue weighted by atomic mass is 9.83. The molecule has 6 nitrogen and oxygen atoms in total. The van der Waals surface area contributed by atoms with E-state index >= 15 is 0 Å². The summed E-state index contributed by atoms with van der Waals surface area (Å²) in [5, 5.41) is 3.15. The van der Waals surface area contributed by atoms with Crippen LogP contribution in [0.5, 0.6) is 0 Å². The van der Waals surface area contributed by atoms with Crippen LogP contribution in [-0.2, 0) is 4.79 Å². The number of carbonyl (C=O) groups is 1. The van der Waals surface area contributed by atoms with E-state index in [-0.39, 0.29) is 0 Å². The van der Waals surface area contributed by atoms with Gasteiger partial charge in [-0.05, 0) is 38.8 Å². The molecule has 0 bridgehead atoms. The van der Waals surface area contributed by atoms with Crippen LogP contribution in [0.3, 0.4) is 0 Å². The minimum atomic E-state index is 0.322. The molecule has 2 aliphatic rings. The van der Waals surface area contributed by atoms with Gasteiger partial charge < -0.3 is 15.1 Å². The Labute approximate surface area is 131 Å². The maximum absolute atomic E-state index is 12.2. The van der Waals surface area contributed by atoms with Crippen LogP contribution in [0.15, 0.2) is 12.3 Å². The second-order valence-corrected chi connectivity index (χ2v) is 6.25. The Morgan fingerprint density at radius 3 is 3.05 bits per heavy atom. The first kappa shape index (κ1) is 15.2. The van der Waals surface area contributed by atoms with E-state index in [1.807, 2.05) is 26.2 Å². The van der Waals surface area contributed by atoms with E-state index in [1.54, 1.807) is 0 Å². The predicted octanol–water partition coefficient (Wildman–Crippen LogP) is 0.822. The van der Waals surface area contributed by atoms with Crippen molar-refractivity contribution in [2.45, 2.75) is 32.2 Å². The molecule has 6 heteroatoms. The van der Waals surface area contributed by atoms with Gasteiger partial charge in [-0.2, -0.15) is 0 Å². The van der Waals surface area contributed by atoms with Crippen LogP contribution < -0.4 is 10.2 Å². The molecule has 22 heavy (non-hydrogen) atoms. The van der Waals surface area contributed by atoms with Crippen molar-refractivity contribution >= 4 is 11.7 Å². The van der Waals surface area contributed by atoms with Gasteiger partial charge >= 0.3 is 0 Å². The normalized spacial score (nSPS) is 25.3. The fourth-order valence-corrected chi connectivity index (χ4v) is 3.70. The Balaban J connectivity index is 1.70. The van der Waals surface area contributed by atoms with E-state index in [4.69, 9.17) is 0 Å². The number of likely N-dealkylation sites (N-methyl/N-ethyl adjacent to an activating group) is 1. The number of nitrogens with zero attached hydrogens (tertiary/aromatic N) is 4. The molecule has 1 amide bonds. The number of hydrogen-bond donors (Lipinski definition) is 1. The van der Waals surface area contributed by atoms with Crippen molar-refractivity contribution in [1.29, 1.82) is 0 Å². The summed E-state index contributed by atoms with van der Waals surface area (Å²) in [6, 6.07) is 2.38. The average molecular weight is 303 g/mol. The lowest BCUT2D eigenvalue weighted by Gasteiger charge is -2.47. The second kappa shape index (κ2) is 6.60. The van der Waals surface area contributed by atoms with E-state index in [0.717, 1.165) is 50.7 Å². The molecule has 1 aromatic heterocycles. The molecule has 1 N–H and O–H groups in total. The SMILES string of the molecule is CNCCN1C(=O)CC[C@H]2CN(c3ccnc(C)n3)CC[C@H]21. The van der Waals surface area contributed by atoms with Crippen LogP contribution in [0, 0.1) is 12.8 Å². The third-order valence-corrected chi connectivity index (χ3v) is 4.83. The lowest BCUT2D eigenvalue weighted by molar-refractivity contribution is -0.139. The Morgan fingerprint density at radius 1 is 1.41 bits per heavy atom. The van der Waals surface area contributed by atoms with Crippen LogP contribution in [0.4, 0.5) is 5.82 Å². The summed E-state index contributed by atoms with van der Waals surface area (Å²) >= 11 is 0. The monoisotopic (exact) mass is 303 g/mol. The van der Waals surface area contributed by atoms with E-state index in [1.165, 1.54) is 0 Å². The quantitative estimate of drug-likeness (QED) is 0.892. The Morgan fingerprint density at radius 2 is 2.27 bits per heavy atom. The Kier molecular flexibility index (Phi) is 4.57. The molecule has 3 rings (SSSR count). The number of likely N-dealkylation sites (tertiary alicyclic amines) is 1. The third kappa shape index (κ3) is 3.06. The Hall–Kier alpha value is -1.69. The molecule has 0 aliphatic carbocycles. The molecule has 2 aliphatic heterocycles. The summed E-state index contributed by atoms with van der Waals surface area (Å²) in [6.45, 7) is 5.56. The van der Waals surface area contributed by atoms with Crippen molar-refractivity contribution in [3.8, 4) is 0 Å². The summed E-state index contributed by atoms with van der Waals surface area (Å²) in [4.78, 5) is 25.4. The maximum atomic E-state index is 12.2. The topological polar surface area (TPSA) is 61.4 Å². The summed E-state index contributed by atoms with van der Waals surface area (Å²) in [5.74, 6) is 2.71. The zero-order chi connectivity index (χ0) is 15.5. The number of anilines is 1. The fourth-order valence-electron chi connectivity index (χ4n) is 3.70. The van der Waals surface area contributed by atoms with Gasteiger partial charge in [0.1, 0.15) is 11.6 Å². The third-order valence-electron chi connectivity index (χ3n) is 4.83. The zero-order valence-corrected chi connectivity index (χ0v) is 13.5. The summed E-state index contributed by atoms with van der Waals surface area (Å²) in [5.41, 5.74) is 0. The highest BCUT2D eigenvalue weighted by Gasteiger charge is 2.39. The highest BCUT2D eigenvalue weighted by molar-refractivity contribution is 5.77. The summed E-state index contributed by atoms with van der Waals surface area (Å²) in [7, 11) is 1.94. The van der Waals surface area contributed by atoms with Crippen LogP contribution in [0.25, 0.3) is 0 Å². The van der Waals surface area contributed by atoms with Gasteiger partial charge in [0.15, 0.2) is 0 Å². The van der Waals surface area contributed by atoms with Crippen LogP contribution in [0.1, 0.15) is 25.1 Å². The van der Waals surface area contributed by atoms with E-state index in [0.29, 0.717) is 24.3 Å². The number of hydrogen-bond acceptors (Lipinski definition) is 5. The number of carbonyl (C=O) groups excluding carboxylic acids is 1. The largest absolute Gasteiger partial charge is 0.356 e. The minimum absolute atomic E-state index is 0.322.